The number of hydrogen-bond acceptors (Lipinski definition) is 7. The molecule has 30 heavy (non-hydrogen) atoms. The third-order valence-corrected chi connectivity index (χ3v) is 6.93. The molecule has 0 radical (unpaired) electrons. The molecule has 1 atom stereocenters. The Morgan fingerprint density at radius 2 is 1.83 bits per heavy atom. The minimum atomic E-state index is -3.65. The van der Waals surface area contributed by atoms with E-state index in [0.29, 0.717) is 24.4 Å². The van der Waals surface area contributed by atoms with Gasteiger partial charge in [-0.15, -0.1) is 0 Å². The van der Waals surface area contributed by atoms with Gasteiger partial charge in [-0.25, -0.2) is 16.8 Å². The van der Waals surface area contributed by atoms with E-state index in [4.69, 9.17) is 4.74 Å². The lowest BCUT2D eigenvalue weighted by atomic mass is 10.1. The summed E-state index contributed by atoms with van der Waals surface area (Å²) < 4.78 is 53.2. The van der Waals surface area contributed by atoms with Crippen molar-refractivity contribution in [2.45, 2.75) is 35.3 Å². The van der Waals surface area contributed by atoms with E-state index in [1.165, 1.54) is 12.1 Å². The van der Waals surface area contributed by atoms with Crippen LogP contribution in [0.3, 0.4) is 0 Å². The molecule has 2 aromatic carbocycles. The first-order valence-corrected chi connectivity index (χ1v) is 13.1. The Hall–Kier alpha value is -2.43. The molecule has 3 rings (SSSR count). The summed E-state index contributed by atoms with van der Waals surface area (Å²) in [5.74, 6) is -0.187. The standard InChI is InChI=1S/C20H24N2O6S2/c1-29(24,25)16-8-9-17(19(12-16)30(2,26)27)21-13-14-5-3-6-15(11-14)22-20(23)18-7-4-10-28-18/h3,5-6,8-9,11-12,18,21H,4,7,10,13H2,1-2H3,(H,22,23). The number of ether oxygens (including phenoxy) is 1. The third-order valence-electron chi connectivity index (χ3n) is 4.68. The van der Waals surface area contributed by atoms with Crippen molar-refractivity contribution < 1.29 is 26.4 Å². The number of anilines is 2. The van der Waals surface area contributed by atoms with Gasteiger partial charge in [0.1, 0.15) is 6.10 Å². The molecule has 1 unspecified atom stereocenters. The average Bonchev–Trinajstić information content (AvgIpc) is 3.20. The van der Waals surface area contributed by atoms with Crippen molar-refractivity contribution in [1.82, 2.24) is 0 Å². The van der Waals surface area contributed by atoms with E-state index in [1.807, 2.05) is 6.07 Å². The van der Waals surface area contributed by atoms with E-state index < -0.39 is 25.8 Å². The second-order valence-electron chi connectivity index (χ2n) is 7.25. The highest BCUT2D eigenvalue weighted by molar-refractivity contribution is 7.91. The molecule has 1 aliphatic heterocycles. The highest BCUT2D eigenvalue weighted by Crippen LogP contribution is 2.26. The van der Waals surface area contributed by atoms with Crippen LogP contribution in [0, 0.1) is 0 Å². The number of amides is 1. The van der Waals surface area contributed by atoms with Crippen LogP contribution < -0.4 is 10.6 Å². The number of carbonyl (C=O) groups excluding carboxylic acids is 1. The summed E-state index contributed by atoms with van der Waals surface area (Å²) >= 11 is 0. The van der Waals surface area contributed by atoms with E-state index in [0.717, 1.165) is 30.6 Å². The van der Waals surface area contributed by atoms with Crippen LogP contribution in [0.5, 0.6) is 0 Å². The number of nitrogens with one attached hydrogen (secondary N) is 2. The largest absolute Gasteiger partial charge is 0.380 e. The van der Waals surface area contributed by atoms with E-state index in [2.05, 4.69) is 10.6 Å². The van der Waals surface area contributed by atoms with Crippen molar-refractivity contribution in [2.75, 3.05) is 29.8 Å². The van der Waals surface area contributed by atoms with Crippen molar-refractivity contribution in [3.05, 3.63) is 48.0 Å². The molecule has 0 saturated carbocycles. The highest BCUT2D eigenvalue weighted by atomic mass is 32.2. The molecule has 10 heteroatoms. The lowest BCUT2D eigenvalue weighted by Gasteiger charge is -2.14. The van der Waals surface area contributed by atoms with Gasteiger partial charge < -0.3 is 15.4 Å². The van der Waals surface area contributed by atoms with Crippen molar-refractivity contribution in [2.24, 2.45) is 0 Å². The molecule has 1 aliphatic rings. The molecule has 0 aliphatic carbocycles. The Kier molecular flexibility index (Phi) is 6.49. The van der Waals surface area contributed by atoms with Crippen molar-refractivity contribution >= 4 is 37.0 Å². The Labute approximate surface area is 176 Å². The SMILES string of the molecule is CS(=O)(=O)c1ccc(NCc2cccc(NC(=O)C3CCCO3)c2)c(S(C)(=O)=O)c1. The number of carbonyl (C=O) groups is 1. The topological polar surface area (TPSA) is 119 Å². The van der Waals surface area contributed by atoms with E-state index >= 15 is 0 Å². The Bertz CT molecular complexity index is 1150. The van der Waals surface area contributed by atoms with Crippen molar-refractivity contribution in [3.8, 4) is 0 Å². The summed E-state index contributed by atoms with van der Waals surface area (Å²) in [6, 6.07) is 11.1. The maximum atomic E-state index is 12.2. The Morgan fingerprint density at radius 1 is 1.07 bits per heavy atom. The Morgan fingerprint density at radius 3 is 2.47 bits per heavy atom. The lowest BCUT2D eigenvalue weighted by molar-refractivity contribution is -0.124. The zero-order valence-corrected chi connectivity index (χ0v) is 18.3. The van der Waals surface area contributed by atoms with Gasteiger partial charge in [0.2, 0.25) is 0 Å². The van der Waals surface area contributed by atoms with Gasteiger partial charge in [-0.2, -0.15) is 0 Å². The van der Waals surface area contributed by atoms with Crippen LogP contribution in [0.2, 0.25) is 0 Å². The molecule has 1 amide bonds. The van der Waals surface area contributed by atoms with Crippen molar-refractivity contribution in [1.29, 1.82) is 0 Å². The van der Waals surface area contributed by atoms with Gasteiger partial charge in [-0.3, -0.25) is 4.79 Å². The summed E-state index contributed by atoms with van der Waals surface area (Å²) in [4.78, 5) is 12.1. The number of hydrogen-bond donors (Lipinski definition) is 2. The quantitative estimate of drug-likeness (QED) is 0.661. The van der Waals surface area contributed by atoms with Crippen molar-refractivity contribution in [3.63, 3.8) is 0 Å². The molecule has 1 saturated heterocycles. The minimum absolute atomic E-state index is 0.0627. The molecule has 2 aromatic rings. The molecule has 2 N–H and O–H groups in total. The van der Waals surface area contributed by atoms with Gasteiger partial charge in [0.25, 0.3) is 5.91 Å². The lowest BCUT2D eigenvalue weighted by Crippen LogP contribution is -2.26. The van der Waals surface area contributed by atoms with Crippen LogP contribution in [0.4, 0.5) is 11.4 Å². The van der Waals surface area contributed by atoms with Gasteiger partial charge in [-0.1, -0.05) is 12.1 Å². The van der Waals surface area contributed by atoms with Crippen LogP contribution >= 0.6 is 0 Å². The fourth-order valence-corrected chi connectivity index (χ4v) is 4.75. The normalized spacial score (nSPS) is 16.9. The van der Waals surface area contributed by atoms with Gasteiger partial charge in [0.05, 0.1) is 15.5 Å². The second kappa shape index (κ2) is 8.75. The Balaban J connectivity index is 1.76. The fourth-order valence-electron chi connectivity index (χ4n) is 3.15. The predicted octanol–water partition coefficient (Wildman–Crippen LogP) is 2.22. The van der Waals surface area contributed by atoms with Crippen LogP contribution in [0.1, 0.15) is 18.4 Å². The first kappa shape index (κ1) is 22.3. The van der Waals surface area contributed by atoms with Crippen LogP contribution in [0.25, 0.3) is 0 Å². The van der Waals surface area contributed by atoms with Gasteiger partial charge >= 0.3 is 0 Å². The smallest absolute Gasteiger partial charge is 0.253 e. The zero-order valence-electron chi connectivity index (χ0n) is 16.7. The summed E-state index contributed by atoms with van der Waals surface area (Å²) in [5.41, 5.74) is 1.73. The monoisotopic (exact) mass is 452 g/mol. The van der Waals surface area contributed by atoms with Gasteiger partial charge in [0, 0.05) is 31.4 Å². The first-order chi connectivity index (χ1) is 14.0. The molecule has 8 nitrogen and oxygen atoms in total. The molecule has 162 valence electrons. The molecule has 0 bridgehead atoms. The molecule has 1 fully saturated rings. The summed E-state index contributed by atoms with van der Waals surface area (Å²) in [7, 11) is -7.19. The van der Waals surface area contributed by atoms with E-state index in [1.54, 1.807) is 18.2 Å². The third kappa shape index (κ3) is 5.59. The van der Waals surface area contributed by atoms with Gasteiger partial charge in [-0.05, 0) is 48.7 Å². The van der Waals surface area contributed by atoms with Gasteiger partial charge in [0.15, 0.2) is 19.7 Å². The van der Waals surface area contributed by atoms with E-state index in [-0.39, 0.29) is 22.2 Å². The summed E-state index contributed by atoms with van der Waals surface area (Å²) in [5, 5.41) is 5.87. The average molecular weight is 453 g/mol. The number of rotatable bonds is 7. The molecular formula is C20H24N2O6S2. The van der Waals surface area contributed by atoms with E-state index in [9.17, 15) is 21.6 Å². The second-order valence-corrected chi connectivity index (χ2v) is 11.2. The molecular weight excluding hydrogens is 428 g/mol. The predicted molar refractivity (Wildman–Crippen MR) is 114 cm³/mol. The fraction of sp³-hybridized carbons (Fsp3) is 0.350. The summed E-state index contributed by atoms with van der Waals surface area (Å²) in [6.45, 7) is 0.868. The summed E-state index contributed by atoms with van der Waals surface area (Å²) in [6.07, 6.45) is 3.18. The zero-order chi connectivity index (χ0) is 21.9. The molecule has 0 spiro atoms. The molecule has 0 aromatic heterocycles. The highest BCUT2D eigenvalue weighted by Gasteiger charge is 2.23. The number of benzene rings is 2. The molecule has 1 heterocycles. The maximum absolute atomic E-state index is 12.2. The maximum Gasteiger partial charge on any atom is 0.253 e. The minimum Gasteiger partial charge on any atom is -0.380 e. The van der Waals surface area contributed by atoms with Crippen LogP contribution in [-0.4, -0.2) is 48.0 Å². The van der Waals surface area contributed by atoms with Crippen LogP contribution in [-0.2, 0) is 35.8 Å². The number of sulfone groups is 2. The first-order valence-electron chi connectivity index (χ1n) is 9.33. The van der Waals surface area contributed by atoms with Crippen LogP contribution in [0.15, 0.2) is 52.3 Å².